The minimum Gasteiger partial charge on any atom is -0.348 e. The lowest BCUT2D eigenvalue weighted by atomic mass is 9.99. The van der Waals surface area contributed by atoms with Crippen LogP contribution in [0.15, 0.2) is 76.7 Å². The maximum absolute atomic E-state index is 13.6. The number of aromatic nitrogens is 3. The Balaban J connectivity index is 1.74. The van der Waals surface area contributed by atoms with Gasteiger partial charge in [-0.25, -0.2) is 8.93 Å². The number of hydrogen-bond acceptors (Lipinski definition) is 5. The fraction of sp³-hybridized carbons (Fsp3) is 0.207. The fourth-order valence-corrected chi connectivity index (χ4v) is 5.88. The smallest absolute Gasteiger partial charge is 0.348 e. The third-order valence-corrected chi connectivity index (χ3v) is 9.16. The molecule has 4 aromatic rings. The van der Waals surface area contributed by atoms with Gasteiger partial charge in [-0.15, -0.1) is 0 Å². The molecule has 0 aliphatic carbocycles. The lowest BCUT2D eigenvalue weighted by molar-refractivity contribution is -0.137. The van der Waals surface area contributed by atoms with Crippen molar-refractivity contribution in [3.8, 4) is 23.1 Å². The Labute approximate surface area is 240 Å². The van der Waals surface area contributed by atoms with E-state index in [0.29, 0.717) is 26.8 Å². The van der Waals surface area contributed by atoms with Gasteiger partial charge in [0, 0.05) is 42.0 Å². The summed E-state index contributed by atoms with van der Waals surface area (Å²) in [7, 11) is -1.26. The van der Waals surface area contributed by atoms with Gasteiger partial charge < -0.3 is 9.88 Å². The highest BCUT2D eigenvalue weighted by atomic mass is 32.2. The van der Waals surface area contributed by atoms with E-state index in [0.717, 1.165) is 12.1 Å². The Hall–Kier alpha value is -4.83. The lowest BCUT2D eigenvalue weighted by Gasteiger charge is -2.18. The maximum atomic E-state index is 13.6. The Morgan fingerprint density at radius 1 is 1.12 bits per heavy atom. The predicted octanol–water partition coefficient (Wildman–Crippen LogP) is 4.34. The molecule has 0 fully saturated rings. The zero-order valence-electron chi connectivity index (χ0n) is 23.1. The summed E-state index contributed by atoms with van der Waals surface area (Å²) >= 11 is 0. The molecule has 0 aliphatic heterocycles. The van der Waals surface area contributed by atoms with Crippen LogP contribution in [-0.4, -0.2) is 29.3 Å². The summed E-state index contributed by atoms with van der Waals surface area (Å²) in [4.78, 5) is 27.9. The number of nitrogens with zero attached hydrogens (tertiary/aromatic N) is 4. The monoisotopic (exact) mass is 596 g/mol. The molecule has 2 N–H and O–H groups in total. The second-order valence-corrected chi connectivity index (χ2v) is 12.2. The number of carbonyl (C=O) groups excluding carboxylic acids is 1. The van der Waals surface area contributed by atoms with Crippen LogP contribution in [-0.2, 0) is 29.5 Å². The van der Waals surface area contributed by atoms with Gasteiger partial charge in [0.25, 0.3) is 5.91 Å². The van der Waals surface area contributed by atoms with Gasteiger partial charge in [0.1, 0.15) is 11.4 Å². The third kappa shape index (κ3) is 5.80. The van der Waals surface area contributed by atoms with Crippen molar-refractivity contribution in [2.75, 3.05) is 0 Å². The van der Waals surface area contributed by atoms with Crippen LogP contribution in [0.4, 0.5) is 13.2 Å². The number of nitriles is 1. The Morgan fingerprint density at radius 3 is 2.38 bits per heavy atom. The van der Waals surface area contributed by atoms with Crippen LogP contribution in [0, 0.1) is 18.4 Å². The molecule has 1 atom stereocenters. The van der Waals surface area contributed by atoms with Crippen molar-refractivity contribution in [1.29, 1.82) is 5.26 Å². The van der Waals surface area contributed by atoms with Gasteiger partial charge in [0.2, 0.25) is 5.43 Å². The molecule has 1 unspecified atom stereocenters. The number of rotatable bonds is 7. The largest absolute Gasteiger partial charge is 0.416 e. The van der Waals surface area contributed by atoms with Gasteiger partial charge in [-0.3, -0.25) is 14.3 Å². The Bertz CT molecular complexity index is 1890. The highest BCUT2D eigenvalue weighted by Gasteiger charge is 2.31. The minimum atomic E-state index is -4.62. The van der Waals surface area contributed by atoms with Crippen LogP contribution in [0.5, 0.6) is 0 Å². The zero-order chi connectivity index (χ0) is 30.8. The average Bonchev–Trinajstić information content (AvgIpc) is 3.37. The number of aryl methyl sites for hydroxylation is 1. The molecule has 0 radical (unpaired) electrons. The predicted molar refractivity (Wildman–Crippen MR) is 153 cm³/mol. The van der Waals surface area contributed by atoms with Gasteiger partial charge in [-0.1, -0.05) is 24.3 Å². The third-order valence-electron chi connectivity index (χ3n) is 6.69. The summed E-state index contributed by atoms with van der Waals surface area (Å²) in [6.45, 7) is 4.88. The molecule has 0 saturated heterocycles. The van der Waals surface area contributed by atoms with Crippen molar-refractivity contribution in [2.24, 2.45) is 7.05 Å². The second-order valence-electron chi connectivity index (χ2n) is 9.60. The quantitative estimate of drug-likeness (QED) is 0.187. The van der Waals surface area contributed by atoms with Crippen LogP contribution in [0.1, 0.15) is 41.0 Å². The summed E-state index contributed by atoms with van der Waals surface area (Å²) in [6.07, 6.45) is -0.0484. The second kappa shape index (κ2) is 11.6. The number of halogens is 3. The SMILES string of the molecule is CC(C)=S(=O)(NC#N)c1ccc(CNC(=O)c2cn(-c3ccnn3C)c(C)c(-c3cccc(C(F)(F)F)c3)c2=O)cc1. The molecule has 13 heteroatoms. The summed E-state index contributed by atoms with van der Waals surface area (Å²) < 4.78 is 59.0. The fourth-order valence-electron chi connectivity index (χ4n) is 4.44. The molecule has 0 aliphatic rings. The van der Waals surface area contributed by atoms with E-state index in [1.165, 1.54) is 33.8 Å². The number of carbonyl (C=O) groups is 1. The van der Waals surface area contributed by atoms with Crippen molar-refractivity contribution >= 4 is 20.5 Å². The van der Waals surface area contributed by atoms with Gasteiger partial charge in [-0.2, -0.15) is 23.5 Å². The van der Waals surface area contributed by atoms with Gasteiger partial charge in [0.05, 0.1) is 26.4 Å². The molecule has 0 saturated carbocycles. The molecule has 2 aromatic carbocycles. The van der Waals surface area contributed by atoms with Crippen LogP contribution in [0.25, 0.3) is 16.9 Å². The van der Waals surface area contributed by atoms with E-state index >= 15 is 0 Å². The van der Waals surface area contributed by atoms with Gasteiger partial charge in [-0.05, 0) is 56.2 Å². The molecule has 0 spiro atoms. The average molecular weight is 597 g/mol. The molecule has 218 valence electrons. The van der Waals surface area contributed by atoms with E-state index < -0.39 is 32.8 Å². The van der Waals surface area contributed by atoms with E-state index in [1.807, 2.05) is 0 Å². The Kier molecular flexibility index (Phi) is 8.31. The van der Waals surface area contributed by atoms with Crippen molar-refractivity contribution in [2.45, 2.75) is 38.4 Å². The first-order valence-electron chi connectivity index (χ1n) is 12.6. The highest BCUT2D eigenvalue weighted by molar-refractivity contribution is 8.00. The van der Waals surface area contributed by atoms with Crippen molar-refractivity contribution in [3.05, 3.63) is 99.6 Å². The number of nitrogens with one attached hydrogen (secondary N) is 2. The van der Waals surface area contributed by atoms with E-state index in [9.17, 15) is 27.0 Å². The van der Waals surface area contributed by atoms with Crippen LogP contribution in [0.3, 0.4) is 0 Å². The molecular weight excluding hydrogens is 569 g/mol. The van der Waals surface area contributed by atoms with Gasteiger partial charge in [0.15, 0.2) is 6.19 Å². The number of amides is 1. The normalized spacial score (nSPS) is 12.7. The van der Waals surface area contributed by atoms with E-state index in [-0.39, 0.29) is 23.2 Å². The highest BCUT2D eigenvalue weighted by Crippen LogP contribution is 2.32. The molecular formula is C29H27F3N6O3S. The first kappa shape index (κ1) is 30.1. The zero-order valence-corrected chi connectivity index (χ0v) is 23.9. The summed E-state index contributed by atoms with van der Waals surface area (Å²) in [6, 6.07) is 12.5. The first-order valence-corrected chi connectivity index (χ1v) is 14.1. The van der Waals surface area contributed by atoms with E-state index in [4.69, 9.17) is 5.26 Å². The standard InChI is InChI=1S/C29H27F3N6O3S/c1-18(2)42(41,36-17-33)23-10-8-20(9-11-23)15-34-28(40)24-16-38(25-12-13-35-37(25)4)19(3)26(27(24)39)21-6-5-7-22(14-21)29(30,31)32/h5-14,16H,15H2,1-4H3,(H,34,40)(H,36,41). The molecule has 2 aromatic heterocycles. The molecule has 4 rings (SSSR count). The topological polar surface area (TPSA) is 122 Å². The summed E-state index contributed by atoms with van der Waals surface area (Å²) in [5.41, 5.74) is -1.01. The van der Waals surface area contributed by atoms with Crippen LogP contribution in [0.2, 0.25) is 0 Å². The van der Waals surface area contributed by atoms with E-state index in [2.05, 4.69) is 15.1 Å². The summed E-state index contributed by atoms with van der Waals surface area (Å²) in [5, 5.41) is 15.8. The van der Waals surface area contributed by atoms with Crippen LogP contribution < -0.4 is 15.5 Å². The summed E-state index contributed by atoms with van der Waals surface area (Å²) in [5.74, 6) is -0.246. The van der Waals surface area contributed by atoms with Crippen molar-refractivity contribution in [1.82, 2.24) is 24.4 Å². The maximum Gasteiger partial charge on any atom is 0.416 e. The molecule has 1 amide bonds. The Morgan fingerprint density at radius 2 is 1.81 bits per heavy atom. The molecule has 0 bridgehead atoms. The first-order chi connectivity index (χ1) is 19.8. The van der Waals surface area contributed by atoms with Gasteiger partial charge >= 0.3 is 6.18 Å². The number of alkyl halides is 3. The van der Waals surface area contributed by atoms with Crippen molar-refractivity contribution < 1.29 is 22.2 Å². The number of hydrogen-bond donors (Lipinski definition) is 2. The molecule has 2 heterocycles. The van der Waals surface area contributed by atoms with E-state index in [1.54, 1.807) is 64.3 Å². The van der Waals surface area contributed by atoms with Crippen LogP contribution >= 0.6 is 0 Å². The van der Waals surface area contributed by atoms with Crippen molar-refractivity contribution in [3.63, 3.8) is 0 Å². The molecule has 9 nitrogen and oxygen atoms in total. The minimum absolute atomic E-state index is 0.00127. The lowest BCUT2D eigenvalue weighted by Crippen LogP contribution is -2.31. The molecule has 42 heavy (non-hydrogen) atoms. The number of benzene rings is 2. The number of pyridine rings is 1.